The fraction of sp³-hybridized carbons (Fsp3) is 0. The number of carbonyl (C=O) groups excluding carboxylic acids is 1. The fourth-order valence-corrected chi connectivity index (χ4v) is 2.93. The molecule has 4 nitrogen and oxygen atoms in total. The number of halogens is 4. The molecule has 0 aliphatic heterocycles. The van der Waals surface area contributed by atoms with Gasteiger partial charge in [0.05, 0.1) is 10.0 Å². The average Bonchev–Trinajstić information content (AvgIpc) is 2.51. The van der Waals surface area contributed by atoms with E-state index in [9.17, 15) is 9.90 Å². The lowest BCUT2D eigenvalue weighted by Crippen LogP contribution is -2.32. The van der Waals surface area contributed by atoms with Gasteiger partial charge in [0.25, 0.3) is 0 Å². The second-order valence-electron chi connectivity index (χ2n) is 4.73. The van der Waals surface area contributed by atoms with Crippen LogP contribution in [0.4, 0.5) is 5.69 Å². The molecular formula is C16H10Cl4N2O2S. The van der Waals surface area contributed by atoms with E-state index in [1.54, 1.807) is 18.2 Å². The quantitative estimate of drug-likeness (QED) is 0.337. The number of phenolic OH excluding ortho intramolecular Hbond substituents is 1. The van der Waals surface area contributed by atoms with Crippen molar-refractivity contribution < 1.29 is 9.90 Å². The Hall–Kier alpha value is -1.50. The van der Waals surface area contributed by atoms with Gasteiger partial charge in [0.2, 0.25) is 5.91 Å². The highest BCUT2D eigenvalue weighted by Crippen LogP contribution is 2.34. The standard InChI is InChI=1S/C16H10Cl4N2O2S/c17-9-3-1-8(11(18)5-9)2-4-14(23)22-16(25)21-10-6-12(19)15(24)13(20)7-10/h1-7,24H,(H2,21,22,23,25). The highest BCUT2D eigenvalue weighted by Gasteiger charge is 2.08. The topological polar surface area (TPSA) is 61.4 Å². The molecule has 0 spiro atoms. The van der Waals surface area contributed by atoms with Crippen LogP contribution in [0.3, 0.4) is 0 Å². The maximum absolute atomic E-state index is 11.9. The number of amides is 1. The van der Waals surface area contributed by atoms with Gasteiger partial charge in [-0.15, -0.1) is 0 Å². The van der Waals surface area contributed by atoms with E-state index >= 15 is 0 Å². The molecule has 2 rings (SSSR count). The first-order valence-electron chi connectivity index (χ1n) is 6.69. The van der Waals surface area contributed by atoms with Gasteiger partial charge >= 0.3 is 0 Å². The number of nitrogens with one attached hydrogen (secondary N) is 2. The largest absolute Gasteiger partial charge is 0.505 e. The van der Waals surface area contributed by atoms with E-state index in [1.165, 1.54) is 24.3 Å². The minimum atomic E-state index is -0.459. The third kappa shape index (κ3) is 5.76. The number of hydrogen-bond donors (Lipinski definition) is 3. The molecule has 2 aromatic carbocycles. The summed E-state index contributed by atoms with van der Waals surface area (Å²) >= 11 is 28.5. The van der Waals surface area contributed by atoms with E-state index in [-0.39, 0.29) is 20.9 Å². The van der Waals surface area contributed by atoms with E-state index in [4.69, 9.17) is 58.6 Å². The van der Waals surface area contributed by atoms with Gasteiger partial charge < -0.3 is 10.4 Å². The van der Waals surface area contributed by atoms with Crippen LogP contribution in [-0.2, 0) is 4.79 Å². The molecular weight excluding hydrogens is 426 g/mol. The number of thiocarbonyl (C=S) groups is 1. The molecule has 0 saturated carbocycles. The first-order chi connectivity index (χ1) is 11.8. The van der Waals surface area contributed by atoms with Crippen LogP contribution in [0.5, 0.6) is 5.75 Å². The third-order valence-corrected chi connectivity index (χ3v) is 4.23. The van der Waals surface area contributed by atoms with Crippen LogP contribution >= 0.6 is 58.6 Å². The van der Waals surface area contributed by atoms with Gasteiger partial charge in [-0.1, -0.05) is 52.5 Å². The first kappa shape index (κ1) is 19.8. The number of benzene rings is 2. The Morgan fingerprint density at radius 3 is 2.28 bits per heavy atom. The van der Waals surface area contributed by atoms with Crippen molar-refractivity contribution in [2.24, 2.45) is 0 Å². The lowest BCUT2D eigenvalue weighted by molar-refractivity contribution is -0.115. The Balaban J connectivity index is 1.98. The summed E-state index contributed by atoms with van der Waals surface area (Å²) in [6.45, 7) is 0. The van der Waals surface area contributed by atoms with Crippen molar-refractivity contribution in [3.63, 3.8) is 0 Å². The summed E-state index contributed by atoms with van der Waals surface area (Å²) in [4.78, 5) is 11.9. The lowest BCUT2D eigenvalue weighted by atomic mass is 10.2. The Morgan fingerprint density at radius 2 is 1.68 bits per heavy atom. The Labute approximate surface area is 169 Å². The number of phenols is 1. The molecule has 0 fully saturated rings. The lowest BCUT2D eigenvalue weighted by Gasteiger charge is -2.10. The molecule has 1 amide bonds. The highest BCUT2D eigenvalue weighted by atomic mass is 35.5. The molecule has 0 aliphatic rings. The monoisotopic (exact) mass is 434 g/mol. The molecule has 0 radical (unpaired) electrons. The Kier molecular flexibility index (Phi) is 6.93. The Morgan fingerprint density at radius 1 is 1.04 bits per heavy atom. The number of anilines is 1. The summed E-state index contributed by atoms with van der Waals surface area (Å²) < 4.78 is 0. The normalized spacial score (nSPS) is 10.7. The van der Waals surface area contributed by atoms with Crippen LogP contribution in [0.15, 0.2) is 36.4 Å². The molecule has 2 aromatic rings. The molecule has 0 aromatic heterocycles. The van der Waals surface area contributed by atoms with Crippen molar-refractivity contribution in [1.29, 1.82) is 0 Å². The second kappa shape index (κ2) is 8.74. The predicted octanol–water partition coefficient (Wildman–Crippen LogP) is 5.53. The van der Waals surface area contributed by atoms with Gasteiger partial charge in [0, 0.05) is 21.8 Å². The molecule has 0 heterocycles. The average molecular weight is 436 g/mol. The SMILES string of the molecule is O=C(C=Cc1ccc(Cl)cc1Cl)NC(=S)Nc1cc(Cl)c(O)c(Cl)c1. The zero-order valence-electron chi connectivity index (χ0n) is 12.3. The highest BCUT2D eigenvalue weighted by molar-refractivity contribution is 7.80. The van der Waals surface area contributed by atoms with E-state index in [2.05, 4.69) is 10.6 Å². The number of aromatic hydroxyl groups is 1. The summed E-state index contributed by atoms with van der Waals surface area (Å²) in [6, 6.07) is 7.77. The van der Waals surface area contributed by atoms with E-state index in [0.29, 0.717) is 21.3 Å². The third-order valence-electron chi connectivity index (χ3n) is 2.89. The predicted molar refractivity (Wildman–Crippen MR) is 108 cm³/mol. The van der Waals surface area contributed by atoms with E-state index < -0.39 is 5.91 Å². The molecule has 0 bridgehead atoms. The molecule has 130 valence electrons. The van der Waals surface area contributed by atoms with Gasteiger partial charge in [-0.3, -0.25) is 10.1 Å². The summed E-state index contributed by atoms with van der Waals surface area (Å²) in [5, 5.41) is 15.8. The zero-order chi connectivity index (χ0) is 18.6. The molecule has 3 N–H and O–H groups in total. The van der Waals surface area contributed by atoms with Crippen LogP contribution in [0.2, 0.25) is 20.1 Å². The second-order valence-corrected chi connectivity index (χ2v) is 6.80. The van der Waals surface area contributed by atoms with Gasteiger partial charge in [-0.25, -0.2) is 0 Å². The van der Waals surface area contributed by atoms with Crippen molar-refractivity contribution in [1.82, 2.24) is 5.32 Å². The number of hydrogen-bond acceptors (Lipinski definition) is 3. The number of rotatable bonds is 3. The molecule has 0 unspecified atom stereocenters. The van der Waals surface area contributed by atoms with Crippen LogP contribution in [0.1, 0.15) is 5.56 Å². The Bertz CT molecular complexity index is 848. The van der Waals surface area contributed by atoms with Crippen molar-refractivity contribution >= 4 is 81.4 Å². The maximum Gasteiger partial charge on any atom is 0.250 e. The van der Waals surface area contributed by atoms with Crippen molar-refractivity contribution in [3.05, 3.63) is 62.1 Å². The summed E-state index contributed by atoms with van der Waals surface area (Å²) in [5.74, 6) is -0.689. The van der Waals surface area contributed by atoms with Crippen LogP contribution < -0.4 is 10.6 Å². The first-order valence-corrected chi connectivity index (χ1v) is 8.61. The molecule has 0 aliphatic carbocycles. The molecule has 25 heavy (non-hydrogen) atoms. The van der Waals surface area contributed by atoms with Gasteiger partial charge in [-0.05, 0) is 48.1 Å². The summed E-state index contributed by atoms with van der Waals surface area (Å²) in [5.41, 5.74) is 1.06. The van der Waals surface area contributed by atoms with Gasteiger partial charge in [0.15, 0.2) is 10.9 Å². The molecule has 0 saturated heterocycles. The van der Waals surface area contributed by atoms with Crippen molar-refractivity contribution in [2.45, 2.75) is 0 Å². The molecule has 0 atom stereocenters. The van der Waals surface area contributed by atoms with Gasteiger partial charge in [0.1, 0.15) is 0 Å². The van der Waals surface area contributed by atoms with Crippen molar-refractivity contribution in [3.8, 4) is 5.75 Å². The smallest absolute Gasteiger partial charge is 0.250 e. The maximum atomic E-state index is 11.9. The van der Waals surface area contributed by atoms with Crippen LogP contribution in [0.25, 0.3) is 6.08 Å². The zero-order valence-corrected chi connectivity index (χ0v) is 16.2. The van der Waals surface area contributed by atoms with Gasteiger partial charge in [-0.2, -0.15) is 0 Å². The van der Waals surface area contributed by atoms with Crippen LogP contribution in [-0.4, -0.2) is 16.1 Å². The van der Waals surface area contributed by atoms with Crippen LogP contribution in [0, 0.1) is 0 Å². The summed E-state index contributed by atoms with van der Waals surface area (Å²) in [7, 11) is 0. The molecule has 9 heteroatoms. The number of carbonyl (C=O) groups is 1. The fourth-order valence-electron chi connectivity index (χ4n) is 1.76. The van der Waals surface area contributed by atoms with E-state index in [1.807, 2.05) is 0 Å². The minimum Gasteiger partial charge on any atom is -0.505 e. The van der Waals surface area contributed by atoms with Crippen molar-refractivity contribution in [2.75, 3.05) is 5.32 Å². The summed E-state index contributed by atoms with van der Waals surface area (Å²) in [6.07, 6.45) is 2.81. The minimum absolute atomic E-state index is 0.0367. The van der Waals surface area contributed by atoms with E-state index in [0.717, 1.165) is 0 Å².